The van der Waals surface area contributed by atoms with E-state index in [1.807, 2.05) is 65.6 Å². The first kappa shape index (κ1) is 18.4. The van der Waals surface area contributed by atoms with Gasteiger partial charge in [0.1, 0.15) is 6.61 Å². The van der Waals surface area contributed by atoms with Crippen molar-refractivity contribution in [2.45, 2.75) is 38.5 Å². The second kappa shape index (κ2) is 8.80. The van der Waals surface area contributed by atoms with Crippen LogP contribution in [0.25, 0.3) is 0 Å². The Hall–Kier alpha value is -2.99. The summed E-state index contributed by atoms with van der Waals surface area (Å²) in [5, 5.41) is 4.13. The molecule has 4 rings (SSSR count). The van der Waals surface area contributed by atoms with Crippen LogP contribution in [0.15, 0.2) is 65.2 Å². The summed E-state index contributed by atoms with van der Waals surface area (Å²) in [4.78, 5) is 19.3. The first-order chi connectivity index (χ1) is 13.8. The third-order valence-electron chi connectivity index (χ3n) is 4.90. The number of carbonyl (C=O) groups excluding carboxylic acids is 1. The molecule has 3 aromatic rings. The molecule has 0 aliphatic carbocycles. The molecule has 1 fully saturated rings. The lowest BCUT2D eigenvalue weighted by Crippen LogP contribution is -2.39. The second-order valence-electron chi connectivity index (χ2n) is 6.90. The molecule has 1 unspecified atom stereocenters. The summed E-state index contributed by atoms with van der Waals surface area (Å²) in [6.45, 7) is 1.44. The van der Waals surface area contributed by atoms with Crippen molar-refractivity contribution in [1.82, 2.24) is 15.0 Å². The minimum atomic E-state index is -0.159. The van der Waals surface area contributed by atoms with E-state index in [9.17, 15) is 4.79 Å². The van der Waals surface area contributed by atoms with Gasteiger partial charge in [-0.25, -0.2) is 0 Å². The minimum Gasteiger partial charge on any atom is -0.367 e. The lowest BCUT2D eigenvalue weighted by Gasteiger charge is -2.33. The molecule has 0 N–H and O–H groups in total. The predicted octanol–water partition coefficient (Wildman–Crippen LogP) is 4.15. The summed E-state index contributed by atoms with van der Waals surface area (Å²) in [7, 11) is 0. The summed E-state index contributed by atoms with van der Waals surface area (Å²) in [5.74, 6) is 1.00. The van der Waals surface area contributed by atoms with Gasteiger partial charge in [-0.05, 0) is 37.0 Å². The molecule has 1 amide bonds. The average molecular weight is 377 g/mol. The third-order valence-corrected chi connectivity index (χ3v) is 4.90. The normalized spacial score (nSPS) is 16.9. The number of hydrogen-bond donors (Lipinski definition) is 0. The molecule has 0 bridgehead atoms. The van der Waals surface area contributed by atoms with Crippen molar-refractivity contribution in [3.8, 4) is 0 Å². The van der Waals surface area contributed by atoms with E-state index in [1.54, 1.807) is 0 Å². The molecule has 1 saturated heterocycles. The van der Waals surface area contributed by atoms with E-state index in [0.717, 1.165) is 24.8 Å². The largest absolute Gasteiger partial charge is 0.367 e. The highest BCUT2D eigenvalue weighted by atomic mass is 16.5. The Labute approximate surface area is 164 Å². The van der Waals surface area contributed by atoms with Crippen LogP contribution >= 0.6 is 0 Å². The van der Waals surface area contributed by atoms with Crippen LogP contribution in [-0.2, 0) is 18.0 Å². The average Bonchev–Trinajstić information content (AvgIpc) is 3.23. The van der Waals surface area contributed by atoms with E-state index in [0.29, 0.717) is 30.4 Å². The van der Waals surface area contributed by atoms with E-state index < -0.39 is 0 Å². The maximum atomic E-state index is 12.9. The van der Waals surface area contributed by atoms with Gasteiger partial charge < -0.3 is 14.2 Å². The summed E-state index contributed by atoms with van der Waals surface area (Å²) in [6, 6.07) is 19.1. The quantitative estimate of drug-likeness (QED) is 0.645. The zero-order chi connectivity index (χ0) is 19.2. The Morgan fingerprint density at radius 1 is 1.04 bits per heavy atom. The van der Waals surface area contributed by atoms with Crippen LogP contribution in [-0.4, -0.2) is 27.5 Å². The van der Waals surface area contributed by atoms with Gasteiger partial charge in [0.05, 0.1) is 12.6 Å². The molecule has 1 atom stereocenters. The lowest BCUT2D eigenvalue weighted by atomic mass is 10.00. The van der Waals surface area contributed by atoms with Gasteiger partial charge in [-0.1, -0.05) is 53.7 Å². The third kappa shape index (κ3) is 4.28. The fourth-order valence-electron chi connectivity index (χ4n) is 3.48. The number of rotatable bonds is 6. The molecule has 0 radical (unpaired) electrons. The van der Waals surface area contributed by atoms with Crippen LogP contribution in [0, 0.1) is 0 Å². The number of carbonyl (C=O) groups is 1. The van der Waals surface area contributed by atoms with Crippen LogP contribution < -0.4 is 0 Å². The molecule has 1 aliphatic rings. The maximum Gasteiger partial charge on any atom is 0.254 e. The fourth-order valence-corrected chi connectivity index (χ4v) is 3.48. The fraction of sp³-hybridized carbons (Fsp3) is 0.318. The smallest absolute Gasteiger partial charge is 0.254 e. The van der Waals surface area contributed by atoms with Crippen LogP contribution in [0.5, 0.6) is 0 Å². The molecule has 1 aromatic heterocycles. The molecular weight excluding hydrogens is 354 g/mol. The van der Waals surface area contributed by atoms with E-state index >= 15 is 0 Å². The molecule has 28 heavy (non-hydrogen) atoms. The molecule has 0 saturated carbocycles. The monoisotopic (exact) mass is 377 g/mol. The number of ether oxygens (including phenoxy) is 1. The Kier molecular flexibility index (Phi) is 5.77. The van der Waals surface area contributed by atoms with Gasteiger partial charge in [-0.15, -0.1) is 0 Å². The van der Waals surface area contributed by atoms with Crippen molar-refractivity contribution < 1.29 is 14.1 Å². The second-order valence-corrected chi connectivity index (χ2v) is 6.90. The Bertz CT molecular complexity index is 896. The van der Waals surface area contributed by atoms with Crippen molar-refractivity contribution in [3.63, 3.8) is 0 Å². The van der Waals surface area contributed by atoms with Crippen LogP contribution in [0.4, 0.5) is 0 Å². The van der Waals surface area contributed by atoms with E-state index in [4.69, 9.17) is 9.26 Å². The number of hydrogen-bond acceptors (Lipinski definition) is 5. The van der Waals surface area contributed by atoms with Crippen molar-refractivity contribution >= 4 is 5.91 Å². The number of amides is 1. The standard InChI is InChI=1S/C22H23N3O3/c26-22(18-11-5-2-6-12-18)25-14-8-7-13-19(25)21-23-20(28-24-21)16-27-15-17-9-3-1-4-10-17/h1-6,9-12,19H,7-8,13-16H2. The highest BCUT2D eigenvalue weighted by Gasteiger charge is 2.32. The van der Waals surface area contributed by atoms with Crippen molar-refractivity contribution in [2.24, 2.45) is 0 Å². The zero-order valence-corrected chi connectivity index (χ0v) is 15.7. The minimum absolute atomic E-state index is 0.0111. The predicted molar refractivity (Wildman–Crippen MR) is 103 cm³/mol. The molecule has 6 heteroatoms. The van der Waals surface area contributed by atoms with Crippen molar-refractivity contribution in [3.05, 3.63) is 83.5 Å². The first-order valence-corrected chi connectivity index (χ1v) is 9.61. The summed E-state index contributed by atoms with van der Waals surface area (Å²) >= 11 is 0. The van der Waals surface area contributed by atoms with Gasteiger partial charge in [0, 0.05) is 12.1 Å². The summed E-state index contributed by atoms with van der Waals surface area (Å²) < 4.78 is 11.0. The van der Waals surface area contributed by atoms with Crippen LogP contribution in [0.1, 0.15) is 52.9 Å². The summed E-state index contributed by atoms with van der Waals surface area (Å²) in [5.41, 5.74) is 1.78. The molecular formula is C22H23N3O3. The number of aromatic nitrogens is 2. The molecule has 0 spiro atoms. The maximum absolute atomic E-state index is 12.9. The topological polar surface area (TPSA) is 68.5 Å². The van der Waals surface area contributed by atoms with Gasteiger partial charge in [-0.3, -0.25) is 4.79 Å². The Morgan fingerprint density at radius 2 is 1.79 bits per heavy atom. The van der Waals surface area contributed by atoms with Crippen LogP contribution in [0.2, 0.25) is 0 Å². The van der Waals surface area contributed by atoms with E-state index in [-0.39, 0.29) is 18.6 Å². The number of nitrogens with zero attached hydrogens (tertiary/aromatic N) is 3. The highest BCUT2D eigenvalue weighted by molar-refractivity contribution is 5.94. The Morgan fingerprint density at radius 3 is 2.57 bits per heavy atom. The summed E-state index contributed by atoms with van der Waals surface area (Å²) in [6.07, 6.45) is 2.86. The lowest BCUT2D eigenvalue weighted by molar-refractivity contribution is 0.0596. The van der Waals surface area contributed by atoms with E-state index in [1.165, 1.54) is 0 Å². The zero-order valence-electron chi connectivity index (χ0n) is 15.7. The molecule has 2 aromatic carbocycles. The highest BCUT2D eigenvalue weighted by Crippen LogP contribution is 2.30. The SMILES string of the molecule is O=C(c1ccccc1)N1CCCCC1c1noc(COCc2ccccc2)n1. The first-order valence-electron chi connectivity index (χ1n) is 9.61. The molecule has 144 valence electrons. The van der Waals surface area contributed by atoms with Crippen molar-refractivity contribution in [1.29, 1.82) is 0 Å². The van der Waals surface area contributed by atoms with Gasteiger partial charge in [0.2, 0.25) is 0 Å². The molecule has 1 aliphatic heterocycles. The van der Waals surface area contributed by atoms with Gasteiger partial charge in [0.25, 0.3) is 11.8 Å². The number of benzene rings is 2. The van der Waals surface area contributed by atoms with Gasteiger partial charge >= 0.3 is 0 Å². The number of likely N-dealkylation sites (tertiary alicyclic amines) is 1. The Balaban J connectivity index is 1.41. The van der Waals surface area contributed by atoms with E-state index in [2.05, 4.69) is 10.1 Å². The van der Waals surface area contributed by atoms with Gasteiger partial charge in [-0.2, -0.15) is 4.98 Å². The van der Waals surface area contributed by atoms with Crippen LogP contribution in [0.3, 0.4) is 0 Å². The molecule has 2 heterocycles. The van der Waals surface area contributed by atoms with Gasteiger partial charge in [0.15, 0.2) is 5.82 Å². The van der Waals surface area contributed by atoms with Crippen molar-refractivity contribution in [2.75, 3.05) is 6.54 Å². The number of piperidine rings is 1. The molecule has 6 nitrogen and oxygen atoms in total.